The van der Waals surface area contributed by atoms with Crippen LogP contribution in [0.2, 0.25) is 0 Å². The van der Waals surface area contributed by atoms with Gasteiger partial charge < -0.3 is 15.2 Å². The minimum Gasteiger partial charge on any atom is -0.495 e. The Morgan fingerprint density at radius 3 is 2.31 bits per heavy atom. The molecule has 2 N–H and O–H groups in total. The molecule has 0 aromatic heterocycles. The van der Waals surface area contributed by atoms with Crippen molar-refractivity contribution in [2.45, 2.75) is 0 Å². The van der Waals surface area contributed by atoms with E-state index < -0.39 is 0 Å². The van der Waals surface area contributed by atoms with Crippen LogP contribution in [0.25, 0.3) is 0 Å². The van der Waals surface area contributed by atoms with Gasteiger partial charge in [0.15, 0.2) is 0 Å². The molecule has 0 bridgehead atoms. The lowest BCUT2D eigenvalue weighted by molar-refractivity contribution is 0.406. The molecule has 0 heterocycles. The van der Waals surface area contributed by atoms with E-state index in [1.54, 1.807) is 26.4 Å². The van der Waals surface area contributed by atoms with Gasteiger partial charge in [-0.15, -0.1) is 0 Å². The molecule has 13 heavy (non-hydrogen) atoms. The quantitative estimate of drug-likeness (QED) is 0.568. The SMILES string of the molecule is C=Nc1cc(OC)c(N)cc1OC. The Bertz CT molecular complexity index is 324. The highest BCUT2D eigenvalue weighted by Gasteiger charge is 2.06. The molecule has 0 aliphatic heterocycles. The molecule has 1 rings (SSSR count). The standard InChI is InChI=1S/C9H12N2O2/c1-11-7-5-8(12-2)6(10)4-9(7)13-3/h4-5H,1,10H2,2-3H3. The zero-order valence-electron chi connectivity index (χ0n) is 7.70. The van der Waals surface area contributed by atoms with Gasteiger partial charge in [-0.05, 0) is 6.72 Å². The minimum absolute atomic E-state index is 0.520. The van der Waals surface area contributed by atoms with Crippen LogP contribution >= 0.6 is 0 Å². The summed E-state index contributed by atoms with van der Waals surface area (Å²) < 4.78 is 10.1. The van der Waals surface area contributed by atoms with Gasteiger partial charge in [0.05, 0.1) is 19.9 Å². The maximum absolute atomic E-state index is 5.66. The Morgan fingerprint density at radius 2 is 1.85 bits per heavy atom. The topological polar surface area (TPSA) is 56.8 Å². The van der Waals surface area contributed by atoms with Gasteiger partial charge in [0.1, 0.15) is 17.2 Å². The first-order valence-corrected chi connectivity index (χ1v) is 3.71. The summed E-state index contributed by atoms with van der Waals surface area (Å²) in [5, 5.41) is 0. The molecule has 70 valence electrons. The van der Waals surface area contributed by atoms with E-state index in [4.69, 9.17) is 15.2 Å². The number of rotatable bonds is 3. The van der Waals surface area contributed by atoms with Crippen molar-refractivity contribution in [3.8, 4) is 11.5 Å². The molecule has 4 heteroatoms. The average Bonchev–Trinajstić information content (AvgIpc) is 2.17. The van der Waals surface area contributed by atoms with Gasteiger partial charge in [-0.2, -0.15) is 0 Å². The summed E-state index contributed by atoms with van der Waals surface area (Å²) in [4.78, 5) is 3.78. The van der Waals surface area contributed by atoms with Gasteiger partial charge in [-0.1, -0.05) is 0 Å². The number of ether oxygens (including phenoxy) is 2. The first-order chi connectivity index (χ1) is 6.22. The maximum atomic E-state index is 5.66. The highest BCUT2D eigenvalue weighted by Crippen LogP contribution is 2.35. The van der Waals surface area contributed by atoms with Crippen LogP contribution < -0.4 is 15.2 Å². The molecule has 0 radical (unpaired) electrons. The lowest BCUT2D eigenvalue weighted by Crippen LogP contribution is -1.93. The third kappa shape index (κ3) is 1.72. The van der Waals surface area contributed by atoms with Crippen LogP contribution in [-0.2, 0) is 0 Å². The van der Waals surface area contributed by atoms with Crippen LogP contribution in [0.3, 0.4) is 0 Å². The van der Waals surface area contributed by atoms with E-state index in [-0.39, 0.29) is 0 Å². The predicted octanol–water partition coefficient (Wildman–Crippen LogP) is 1.62. The fourth-order valence-corrected chi connectivity index (χ4v) is 1.03. The number of hydrogen-bond acceptors (Lipinski definition) is 4. The van der Waals surface area contributed by atoms with Crippen molar-refractivity contribution in [2.24, 2.45) is 4.99 Å². The van der Waals surface area contributed by atoms with Gasteiger partial charge in [-0.25, -0.2) is 0 Å². The van der Waals surface area contributed by atoms with Gasteiger partial charge in [0, 0.05) is 12.1 Å². The number of nitrogens with two attached hydrogens (primary N) is 1. The first kappa shape index (κ1) is 9.38. The summed E-state index contributed by atoms with van der Waals surface area (Å²) >= 11 is 0. The molecule has 4 nitrogen and oxygen atoms in total. The number of nitrogens with zero attached hydrogens (tertiary/aromatic N) is 1. The molecule has 0 aliphatic rings. The van der Waals surface area contributed by atoms with E-state index >= 15 is 0 Å². The summed E-state index contributed by atoms with van der Waals surface area (Å²) in [6, 6.07) is 3.34. The molecule has 0 amide bonds. The third-order valence-electron chi connectivity index (χ3n) is 1.70. The monoisotopic (exact) mass is 180 g/mol. The number of aliphatic imine (C=N–C) groups is 1. The van der Waals surface area contributed by atoms with Gasteiger partial charge in [0.2, 0.25) is 0 Å². The smallest absolute Gasteiger partial charge is 0.146 e. The van der Waals surface area contributed by atoms with Crippen molar-refractivity contribution in [1.29, 1.82) is 0 Å². The molecule has 0 atom stereocenters. The number of anilines is 1. The van der Waals surface area contributed by atoms with E-state index in [1.165, 1.54) is 0 Å². The molecule has 0 saturated carbocycles. The zero-order chi connectivity index (χ0) is 9.84. The normalized spacial score (nSPS) is 9.38. The molecule has 0 unspecified atom stereocenters. The first-order valence-electron chi connectivity index (χ1n) is 3.71. The fraction of sp³-hybridized carbons (Fsp3) is 0.222. The average molecular weight is 180 g/mol. The lowest BCUT2D eigenvalue weighted by Gasteiger charge is -2.09. The molecule has 0 aliphatic carbocycles. The van der Waals surface area contributed by atoms with Crippen molar-refractivity contribution >= 4 is 18.1 Å². The highest BCUT2D eigenvalue weighted by atomic mass is 16.5. The third-order valence-corrected chi connectivity index (χ3v) is 1.70. The minimum atomic E-state index is 0.520. The van der Waals surface area contributed by atoms with E-state index in [2.05, 4.69) is 11.7 Å². The predicted molar refractivity (Wildman–Crippen MR) is 53.2 cm³/mol. The van der Waals surface area contributed by atoms with Gasteiger partial charge in [0.25, 0.3) is 0 Å². The number of nitrogen functional groups attached to an aromatic ring is 1. The van der Waals surface area contributed by atoms with Crippen LogP contribution in [0, 0.1) is 0 Å². The Morgan fingerprint density at radius 1 is 1.23 bits per heavy atom. The zero-order valence-corrected chi connectivity index (χ0v) is 7.70. The Labute approximate surface area is 77.0 Å². The Hall–Kier alpha value is -1.71. The fourth-order valence-electron chi connectivity index (χ4n) is 1.03. The second kappa shape index (κ2) is 3.80. The van der Waals surface area contributed by atoms with Gasteiger partial charge in [-0.3, -0.25) is 4.99 Å². The molecule has 0 saturated heterocycles. The number of methoxy groups -OCH3 is 2. The van der Waals surface area contributed by atoms with E-state index in [0.717, 1.165) is 0 Å². The summed E-state index contributed by atoms with van der Waals surface area (Å²) in [6.45, 7) is 3.42. The molecular weight excluding hydrogens is 168 g/mol. The summed E-state index contributed by atoms with van der Waals surface area (Å²) in [6.07, 6.45) is 0. The second-order valence-electron chi connectivity index (χ2n) is 2.42. The second-order valence-corrected chi connectivity index (χ2v) is 2.42. The molecule has 0 fully saturated rings. The van der Waals surface area contributed by atoms with Crippen molar-refractivity contribution < 1.29 is 9.47 Å². The molecule has 0 spiro atoms. The highest BCUT2D eigenvalue weighted by molar-refractivity contribution is 5.68. The van der Waals surface area contributed by atoms with Crippen LogP contribution in [-0.4, -0.2) is 20.9 Å². The molecule has 1 aromatic carbocycles. The van der Waals surface area contributed by atoms with Crippen LogP contribution in [0.15, 0.2) is 17.1 Å². The molecule has 1 aromatic rings. The van der Waals surface area contributed by atoms with Crippen molar-refractivity contribution in [2.75, 3.05) is 20.0 Å². The summed E-state index contributed by atoms with van der Waals surface area (Å²) in [5.74, 6) is 1.16. The van der Waals surface area contributed by atoms with E-state index in [1.807, 2.05) is 0 Å². The largest absolute Gasteiger partial charge is 0.495 e. The van der Waals surface area contributed by atoms with E-state index in [0.29, 0.717) is 22.9 Å². The number of hydrogen-bond donors (Lipinski definition) is 1. The van der Waals surface area contributed by atoms with Crippen molar-refractivity contribution in [3.63, 3.8) is 0 Å². The van der Waals surface area contributed by atoms with Crippen LogP contribution in [0.1, 0.15) is 0 Å². The van der Waals surface area contributed by atoms with Gasteiger partial charge >= 0.3 is 0 Å². The van der Waals surface area contributed by atoms with Crippen molar-refractivity contribution in [1.82, 2.24) is 0 Å². The van der Waals surface area contributed by atoms with Crippen LogP contribution in [0.4, 0.5) is 11.4 Å². The molecular formula is C9H12N2O2. The number of benzene rings is 1. The lowest BCUT2D eigenvalue weighted by atomic mass is 10.2. The Balaban J connectivity index is 3.26. The Kier molecular flexibility index (Phi) is 2.74. The summed E-state index contributed by atoms with van der Waals surface area (Å²) in [7, 11) is 3.10. The van der Waals surface area contributed by atoms with Crippen molar-refractivity contribution in [3.05, 3.63) is 12.1 Å². The maximum Gasteiger partial charge on any atom is 0.146 e. The summed E-state index contributed by atoms with van der Waals surface area (Å²) in [5.41, 5.74) is 6.80. The van der Waals surface area contributed by atoms with E-state index in [9.17, 15) is 0 Å². The van der Waals surface area contributed by atoms with Crippen LogP contribution in [0.5, 0.6) is 11.5 Å².